The maximum absolute atomic E-state index is 9.09. The molecule has 6 heteroatoms. The molecule has 0 bridgehead atoms. The van der Waals surface area contributed by atoms with Gasteiger partial charge in [0.1, 0.15) is 5.15 Å². The molecule has 1 fully saturated rings. The number of hydrogen-bond acceptors (Lipinski definition) is 5. The number of anilines is 1. The van der Waals surface area contributed by atoms with E-state index >= 15 is 0 Å². The minimum atomic E-state index is -0.0236. The molecule has 0 amide bonds. The summed E-state index contributed by atoms with van der Waals surface area (Å²) in [7, 11) is 2.14. The Labute approximate surface area is 104 Å². The summed E-state index contributed by atoms with van der Waals surface area (Å²) in [5.74, 6) is 0. The average molecular weight is 262 g/mol. The van der Waals surface area contributed by atoms with Crippen LogP contribution in [0.4, 0.5) is 5.13 Å². The van der Waals surface area contributed by atoms with Gasteiger partial charge in [-0.25, -0.2) is 4.98 Å². The maximum Gasteiger partial charge on any atom is 0.187 e. The van der Waals surface area contributed by atoms with E-state index in [9.17, 15) is 0 Å². The normalized spacial score (nSPS) is 18.8. The van der Waals surface area contributed by atoms with E-state index in [0.717, 1.165) is 42.6 Å². The second-order valence-electron chi connectivity index (χ2n) is 4.01. The molecule has 4 nitrogen and oxygen atoms in total. The van der Waals surface area contributed by atoms with Gasteiger partial charge in [0.2, 0.25) is 0 Å². The Morgan fingerprint density at radius 1 is 1.38 bits per heavy atom. The van der Waals surface area contributed by atoms with Crippen molar-refractivity contribution in [2.75, 3.05) is 38.1 Å². The molecule has 0 aromatic carbocycles. The van der Waals surface area contributed by atoms with E-state index < -0.39 is 0 Å². The zero-order chi connectivity index (χ0) is 11.5. The number of thiazole rings is 1. The van der Waals surface area contributed by atoms with E-state index in [0.29, 0.717) is 5.15 Å². The Bertz CT molecular complexity index is 358. The third-order valence-corrected chi connectivity index (χ3v) is 4.30. The summed E-state index contributed by atoms with van der Waals surface area (Å²) in [5.41, 5.74) is 0. The van der Waals surface area contributed by atoms with Gasteiger partial charge in [-0.05, 0) is 20.0 Å². The maximum atomic E-state index is 9.09. The molecule has 1 aliphatic rings. The van der Waals surface area contributed by atoms with Crippen LogP contribution in [-0.4, -0.2) is 48.2 Å². The number of halogens is 1. The number of aliphatic hydroxyl groups excluding tert-OH is 1. The SMILES string of the molecule is CN1CCCN(c2nc(Cl)c(CO)s2)CC1. The Balaban J connectivity index is 2.10. The molecule has 1 aliphatic heterocycles. The fourth-order valence-corrected chi connectivity index (χ4v) is 2.96. The fourth-order valence-electron chi connectivity index (χ4n) is 1.79. The molecule has 1 aromatic heterocycles. The Morgan fingerprint density at radius 3 is 2.88 bits per heavy atom. The van der Waals surface area contributed by atoms with Crippen molar-refractivity contribution < 1.29 is 5.11 Å². The highest BCUT2D eigenvalue weighted by Crippen LogP contribution is 2.30. The van der Waals surface area contributed by atoms with Gasteiger partial charge in [-0.1, -0.05) is 22.9 Å². The topological polar surface area (TPSA) is 39.6 Å². The van der Waals surface area contributed by atoms with Crippen LogP contribution in [0.3, 0.4) is 0 Å². The quantitative estimate of drug-likeness (QED) is 0.874. The second kappa shape index (κ2) is 5.31. The van der Waals surface area contributed by atoms with Gasteiger partial charge in [0.25, 0.3) is 0 Å². The molecule has 1 saturated heterocycles. The van der Waals surface area contributed by atoms with Crippen LogP contribution in [0.25, 0.3) is 0 Å². The van der Waals surface area contributed by atoms with Gasteiger partial charge in [-0.2, -0.15) is 0 Å². The molecule has 0 saturated carbocycles. The molecule has 0 unspecified atom stereocenters. The minimum Gasteiger partial charge on any atom is -0.391 e. The zero-order valence-electron chi connectivity index (χ0n) is 9.32. The van der Waals surface area contributed by atoms with Crippen LogP contribution < -0.4 is 4.90 Å². The summed E-state index contributed by atoms with van der Waals surface area (Å²) in [4.78, 5) is 9.63. The van der Waals surface area contributed by atoms with E-state index in [1.807, 2.05) is 0 Å². The predicted molar refractivity (Wildman–Crippen MR) is 67.4 cm³/mol. The number of likely N-dealkylation sites (N-methyl/N-ethyl adjacent to an activating group) is 1. The van der Waals surface area contributed by atoms with Gasteiger partial charge in [0, 0.05) is 19.6 Å². The first-order valence-corrected chi connectivity index (χ1v) is 6.59. The summed E-state index contributed by atoms with van der Waals surface area (Å²) in [6, 6.07) is 0. The third-order valence-electron chi connectivity index (χ3n) is 2.77. The molecular weight excluding hydrogens is 246 g/mol. The fraction of sp³-hybridized carbons (Fsp3) is 0.700. The molecule has 1 aromatic rings. The first-order valence-electron chi connectivity index (χ1n) is 5.40. The van der Waals surface area contributed by atoms with Crippen LogP contribution in [0.2, 0.25) is 5.15 Å². The van der Waals surface area contributed by atoms with Crippen LogP contribution >= 0.6 is 22.9 Å². The van der Waals surface area contributed by atoms with Crippen molar-refractivity contribution in [1.29, 1.82) is 0 Å². The van der Waals surface area contributed by atoms with Crippen LogP contribution in [-0.2, 0) is 6.61 Å². The first kappa shape index (κ1) is 12.1. The molecule has 2 heterocycles. The second-order valence-corrected chi connectivity index (χ2v) is 5.43. The van der Waals surface area contributed by atoms with E-state index in [-0.39, 0.29) is 6.61 Å². The lowest BCUT2D eigenvalue weighted by Gasteiger charge is -2.18. The van der Waals surface area contributed by atoms with Gasteiger partial charge < -0.3 is 14.9 Å². The monoisotopic (exact) mass is 261 g/mol. The van der Waals surface area contributed by atoms with Crippen molar-refractivity contribution >= 4 is 28.1 Å². The molecule has 0 spiro atoms. The molecule has 90 valence electrons. The van der Waals surface area contributed by atoms with Crippen molar-refractivity contribution in [3.63, 3.8) is 0 Å². The van der Waals surface area contributed by atoms with Crippen LogP contribution in [0.1, 0.15) is 11.3 Å². The lowest BCUT2D eigenvalue weighted by Crippen LogP contribution is -2.28. The number of hydrogen-bond donors (Lipinski definition) is 1. The van der Waals surface area contributed by atoms with Gasteiger partial charge in [-0.3, -0.25) is 0 Å². The van der Waals surface area contributed by atoms with Gasteiger partial charge in [-0.15, -0.1) is 0 Å². The summed E-state index contributed by atoms with van der Waals surface area (Å²) in [6.45, 7) is 4.14. The smallest absolute Gasteiger partial charge is 0.187 e. The molecule has 0 radical (unpaired) electrons. The predicted octanol–water partition coefficient (Wildman–Crippen LogP) is 1.43. The van der Waals surface area contributed by atoms with Crippen molar-refractivity contribution in [2.24, 2.45) is 0 Å². The summed E-state index contributed by atoms with van der Waals surface area (Å²) in [5, 5.41) is 10.5. The number of rotatable bonds is 2. The van der Waals surface area contributed by atoms with E-state index in [4.69, 9.17) is 16.7 Å². The molecule has 0 atom stereocenters. The van der Waals surface area contributed by atoms with Crippen molar-refractivity contribution in [2.45, 2.75) is 13.0 Å². The van der Waals surface area contributed by atoms with Crippen LogP contribution in [0, 0.1) is 0 Å². The standard InChI is InChI=1S/C10H16ClN3OS/c1-13-3-2-4-14(6-5-13)10-12-9(11)8(7-15)16-10/h15H,2-7H2,1H3. The number of aromatic nitrogens is 1. The lowest BCUT2D eigenvalue weighted by molar-refractivity contribution is 0.285. The molecular formula is C10H16ClN3OS. The summed E-state index contributed by atoms with van der Waals surface area (Å²) < 4.78 is 0. The third kappa shape index (κ3) is 2.66. The first-order chi connectivity index (χ1) is 7.70. The molecule has 16 heavy (non-hydrogen) atoms. The average Bonchev–Trinajstić information content (AvgIpc) is 2.50. The van der Waals surface area contributed by atoms with E-state index in [1.165, 1.54) is 11.3 Å². The number of aliphatic hydroxyl groups is 1. The van der Waals surface area contributed by atoms with Gasteiger partial charge >= 0.3 is 0 Å². The zero-order valence-corrected chi connectivity index (χ0v) is 10.9. The largest absolute Gasteiger partial charge is 0.391 e. The van der Waals surface area contributed by atoms with Crippen molar-refractivity contribution in [3.05, 3.63) is 10.0 Å². The van der Waals surface area contributed by atoms with E-state index in [1.54, 1.807) is 0 Å². The highest BCUT2D eigenvalue weighted by atomic mass is 35.5. The van der Waals surface area contributed by atoms with Crippen LogP contribution in [0.15, 0.2) is 0 Å². The minimum absolute atomic E-state index is 0.0236. The number of nitrogens with zero attached hydrogens (tertiary/aromatic N) is 3. The Kier molecular flexibility index (Phi) is 4.02. The van der Waals surface area contributed by atoms with Crippen molar-refractivity contribution in [3.8, 4) is 0 Å². The Hall–Kier alpha value is -0.360. The Morgan fingerprint density at radius 2 is 2.19 bits per heavy atom. The highest BCUT2D eigenvalue weighted by Gasteiger charge is 2.17. The summed E-state index contributed by atoms with van der Waals surface area (Å²) >= 11 is 7.43. The summed E-state index contributed by atoms with van der Waals surface area (Å²) in [6.07, 6.45) is 1.14. The van der Waals surface area contributed by atoms with Crippen molar-refractivity contribution in [1.82, 2.24) is 9.88 Å². The van der Waals surface area contributed by atoms with Gasteiger partial charge in [0.15, 0.2) is 5.13 Å². The molecule has 1 N–H and O–H groups in total. The lowest BCUT2D eigenvalue weighted by atomic mass is 10.4. The van der Waals surface area contributed by atoms with Gasteiger partial charge in [0.05, 0.1) is 11.5 Å². The van der Waals surface area contributed by atoms with E-state index in [2.05, 4.69) is 21.8 Å². The highest BCUT2D eigenvalue weighted by molar-refractivity contribution is 7.16. The molecule has 2 rings (SSSR count). The molecule has 0 aliphatic carbocycles. The van der Waals surface area contributed by atoms with Crippen LogP contribution in [0.5, 0.6) is 0 Å².